The van der Waals surface area contributed by atoms with Crippen LogP contribution in [0.3, 0.4) is 0 Å². The van der Waals surface area contributed by atoms with Gasteiger partial charge in [0.15, 0.2) is 15.9 Å². The maximum Gasteiger partial charge on any atom is 0.339 e. The first-order chi connectivity index (χ1) is 12.1. The first kappa shape index (κ1) is 19.9. The number of anilines is 1. The number of para-hydroxylation sites is 1. The van der Waals surface area contributed by atoms with Crippen LogP contribution in [0.1, 0.15) is 22.8 Å². The monoisotopic (exact) mass is 395 g/mol. The minimum absolute atomic E-state index is 0.00298. The standard InChI is InChI=1S/C18H18ClNO5S/c1-11-8-9-13(26(3,23)24)10-14(11)18(22)25-12(2)17(21)20-16-7-5-4-6-15(16)19/h4-10,12H,1-3H3,(H,20,21)/t12-/m0/s1. The van der Waals surface area contributed by atoms with E-state index >= 15 is 0 Å². The van der Waals surface area contributed by atoms with Crippen LogP contribution in [0.15, 0.2) is 47.4 Å². The van der Waals surface area contributed by atoms with Crippen LogP contribution in [0.2, 0.25) is 5.02 Å². The predicted molar refractivity (Wildman–Crippen MR) is 99.2 cm³/mol. The van der Waals surface area contributed by atoms with E-state index in [0.717, 1.165) is 6.26 Å². The minimum Gasteiger partial charge on any atom is -0.449 e. The van der Waals surface area contributed by atoms with Gasteiger partial charge in [0.25, 0.3) is 5.91 Å². The molecule has 0 saturated carbocycles. The highest BCUT2D eigenvalue weighted by Gasteiger charge is 2.22. The van der Waals surface area contributed by atoms with E-state index < -0.39 is 27.8 Å². The third-order valence-electron chi connectivity index (χ3n) is 3.64. The molecule has 8 heteroatoms. The van der Waals surface area contributed by atoms with Gasteiger partial charge in [0, 0.05) is 6.26 Å². The second kappa shape index (κ2) is 7.88. The van der Waals surface area contributed by atoms with E-state index in [1.54, 1.807) is 31.2 Å². The highest BCUT2D eigenvalue weighted by molar-refractivity contribution is 7.90. The number of carbonyl (C=O) groups excluding carboxylic acids is 2. The van der Waals surface area contributed by atoms with E-state index in [1.165, 1.54) is 25.1 Å². The number of sulfone groups is 1. The molecule has 0 aromatic heterocycles. The van der Waals surface area contributed by atoms with Crippen molar-refractivity contribution in [3.8, 4) is 0 Å². The lowest BCUT2D eigenvalue weighted by Gasteiger charge is -2.15. The Morgan fingerprint density at radius 2 is 1.81 bits per heavy atom. The molecule has 6 nitrogen and oxygen atoms in total. The summed E-state index contributed by atoms with van der Waals surface area (Å²) < 4.78 is 28.5. The van der Waals surface area contributed by atoms with Crippen LogP contribution in [0.4, 0.5) is 5.69 Å². The van der Waals surface area contributed by atoms with E-state index in [2.05, 4.69) is 5.32 Å². The predicted octanol–water partition coefficient (Wildman–Crippen LogP) is 3.24. The summed E-state index contributed by atoms with van der Waals surface area (Å²) >= 11 is 5.98. The number of hydrogen-bond acceptors (Lipinski definition) is 5. The average molecular weight is 396 g/mol. The summed E-state index contributed by atoms with van der Waals surface area (Å²) in [4.78, 5) is 24.6. The van der Waals surface area contributed by atoms with Crippen LogP contribution in [-0.4, -0.2) is 32.7 Å². The van der Waals surface area contributed by atoms with Gasteiger partial charge in [0.1, 0.15) is 0 Å². The Balaban J connectivity index is 2.14. The molecular weight excluding hydrogens is 378 g/mol. The topological polar surface area (TPSA) is 89.5 Å². The summed E-state index contributed by atoms with van der Waals surface area (Å²) in [6.45, 7) is 3.07. The smallest absolute Gasteiger partial charge is 0.339 e. The zero-order chi connectivity index (χ0) is 19.5. The lowest BCUT2D eigenvalue weighted by molar-refractivity contribution is -0.123. The molecule has 0 fully saturated rings. The van der Waals surface area contributed by atoms with Gasteiger partial charge in [-0.15, -0.1) is 0 Å². The highest BCUT2D eigenvalue weighted by atomic mass is 35.5. The number of nitrogens with one attached hydrogen (secondary N) is 1. The summed E-state index contributed by atoms with van der Waals surface area (Å²) in [6.07, 6.45) is -0.0491. The van der Waals surface area contributed by atoms with Crippen LogP contribution < -0.4 is 5.32 Å². The second-order valence-corrected chi connectivity index (χ2v) is 8.19. The number of rotatable bonds is 5. The van der Waals surface area contributed by atoms with Gasteiger partial charge >= 0.3 is 5.97 Å². The number of benzene rings is 2. The Morgan fingerprint density at radius 1 is 1.15 bits per heavy atom. The van der Waals surface area contributed by atoms with E-state index in [0.29, 0.717) is 16.3 Å². The quantitative estimate of drug-likeness (QED) is 0.785. The lowest BCUT2D eigenvalue weighted by atomic mass is 10.1. The molecule has 2 rings (SSSR count). The molecule has 0 bridgehead atoms. The Hall–Kier alpha value is -2.38. The summed E-state index contributed by atoms with van der Waals surface area (Å²) in [7, 11) is -3.47. The van der Waals surface area contributed by atoms with Crippen molar-refractivity contribution in [2.45, 2.75) is 24.8 Å². The van der Waals surface area contributed by atoms with Gasteiger partial charge in [-0.1, -0.05) is 29.8 Å². The van der Waals surface area contributed by atoms with Gasteiger partial charge in [-0.2, -0.15) is 0 Å². The first-order valence-electron chi connectivity index (χ1n) is 7.66. The summed E-state index contributed by atoms with van der Waals surface area (Å²) in [6, 6.07) is 10.8. The van der Waals surface area contributed by atoms with Crippen molar-refractivity contribution < 1.29 is 22.7 Å². The molecule has 1 N–H and O–H groups in total. The maximum atomic E-state index is 12.4. The Morgan fingerprint density at radius 3 is 2.42 bits per heavy atom. The average Bonchev–Trinajstić information content (AvgIpc) is 2.56. The second-order valence-electron chi connectivity index (χ2n) is 5.77. The zero-order valence-corrected chi connectivity index (χ0v) is 16.0. The number of amides is 1. The largest absolute Gasteiger partial charge is 0.449 e. The molecule has 0 unspecified atom stereocenters. The lowest BCUT2D eigenvalue weighted by Crippen LogP contribution is -2.30. The molecule has 138 valence electrons. The van der Waals surface area contributed by atoms with Crippen LogP contribution in [0.25, 0.3) is 0 Å². The third kappa shape index (κ3) is 4.83. The van der Waals surface area contributed by atoms with Crippen LogP contribution in [-0.2, 0) is 19.4 Å². The van der Waals surface area contributed by atoms with Crippen molar-refractivity contribution >= 4 is 39.0 Å². The first-order valence-corrected chi connectivity index (χ1v) is 9.93. The Labute approximate surface area is 157 Å². The molecule has 1 amide bonds. The van der Waals surface area contributed by atoms with Gasteiger partial charge in [-0.05, 0) is 43.7 Å². The Bertz CT molecular complexity index is 956. The number of esters is 1. The third-order valence-corrected chi connectivity index (χ3v) is 5.08. The van der Waals surface area contributed by atoms with Gasteiger partial charge in [-0.25, -0.2) is 13.2 Å². The molecule has 1 atom stereocenters. The molecule has 0 radical (unpaired) electrons. The summed E-state index contributed by atoms with van der Waals surface area (Å²) in [5.41, 5.74) is 1.03. The van der Waals surface area contributed by atoms with Crippen molar-refractivity contribution in [2.75, 3.05) is 11.6 Å². The fourth-order valence-corrected chi connectivity index (χ4v) is 2.96. The minimum atomic E-state index is -3.47. The van der Waals surface area contributed by atoms with Crippen molar-refractivity contribution in [3.05, 3.63) is 58.6 Å². The van der Waals surface area contributed by atoms with Crippen molar-refractivity contribution in [2.24, 2.45) is 0 Å². The van der Waals surface area contributed by atoms with Gasteiger partial charge < -0.3 is 10.1 Å². The van der Waals surface area contributed by atoms with E-state index in [9.17, 15) is 18.0 Å². The van der Waals surface area contributed by atoms with Crippen LogP contribution in [0, 0.1) is 6.92 Å². The normalized spacial score (nSPS) is 12.3. The number of carbonyl (C=O) groups is 2. The number of hydrogen-bond donors (Lipinski definition) is 1. The molecule has 0 aliphatic heterocycles. The molecule has 0 spiro atoms. The molecular formula is C18H18ClNO5S. The molecule has 2 aromatic carbocycles. The van der Waals surface area contributed by atoms with Crippen LogP contribution >= 0.6 is 11.6 Å². The van der Waals surface area contributed by atoms with Crippen molar-refractivity contribution in [1.82, 2.24) is 0 Å². The molecule has 0 aliphatic rings. The van der Waals surface area contributed by atoms with Gasteiger partial charge in [0.05, 0.1) is 21.2 Å². The number of ether oxygens (including phenoxy) is 1. The van der Waals surface area contributed by atoms with Crippen LogP contribution in [0.5, 0.6) is 0 Å². The molecule has 2 aromatic rings. The number of aryl methyl sites for hydroxylation is 1. The molecule has 0 saturated heterocycles. The van der Waals surface area contributed by atoms with E-state index in [-0.39, 0.29) is 10.5 Å². The van der Waals surface area contributed by atoms with Gasteiger partial charge in [-0.3, -0.25) is 4.79 Å². The van der Waals surface area contributed by atoms with Crippen molar-refractivity contribution in [1.29, 1.82) is 0 Å². The van der Waals surface area contributed by atoms with Gasteiger partial charge in [0.2, 0.25) is 0 Å². The maximum absolute atomic E-state index is 12.4. The SMILES string of the molecule is Cc1ccc(S(C)(=O)=O)cc1C(=O)O[C@@H](C)C(=O)Nc1ccccc1Cl. The fraction of sp³-hybridized carbons (Fsp3) is 0.222. The molecule has 26 heavy (non-hydrogen) atoms. The molecule has 0 aliphatic carbocycles. The molecule has 0 heterocycles. The number of halogens is 1. The highest BCUT2D eigenvalue weighted by Crippen LogP contribution is 2.21. The fourth-order valence-electron chi connectivity index (χ4n) is 2.13. The Kier molecular flexibility index (Phi) is 6.05. The summed E-state index contributed by atoms with van der Waals surface area (Å²) in [5, 5.41) is 2.93. The summed E-state index contributed by atoms with van der Waals surface area (Å²) in [5.74, 6) is -1.34. The zero-order valence-electron chi connectivity index (χ0n) is 14.4. The van der Waals surface area contributed by atoms with Crippen molar-refractivity contribution in [3.63, 3.8) is 0 Å². The van der Waals surface area contributed by atoms with E-state index in [1.807, 2.05) is 0 Å². The van der Waals surface area contributed by atoms with E-state index in [4.69, 9.17) is 16.3 Å².